The maximum absolute atomic E-state index is 13.2. The van der Waals surface area contributed by atoms with E-state index in [1.807, 2.05) is 54.6 Å². The predicted octanol–water partition coefficient (Wildman–Crippen LogP) is 4.42. The lowest BCUT2D eigenvalue weighted by atomic mass is 10.2. The van der Waals surface area contributed by atoms with Gasteiger partial charge in [-0.25, -0.2) is 9.07 Å². The summed E-state index contributed by atoms with van der Waals surface area (Å²) in [5.74, 6) is -0.606. The van der Waals surface area contributed by atoms with Gasteiger partial charge in [0.15, 0.2) is 5.69 Å². The van der Waals surface area contributed by atoms with Gasteiger partial charge in [-0.1, -0.05) is 36.4 Å². The zero-order valence-electron chi connectivity index (χ0n) is 13.2. The van der Waals surface area contributed by atoms with E-state index in [9.17, 15) is 9.18 Å². The van der Waals surface area contributed by atoms with Crippen molar-refractivity contribution in [2.75, 3.05) is 5.32 Å². The first-order chi connectivity index (χ1) is 12.2. The minimum Gasteiger partial charge on any atom is -0.321 e. The number of hydrogen-bond acceptors (Lipinski definition) is 2. The summed E-state index contributed by atoms with van der Waals surface area (Å²) in [5.41, 5.74) is 2.50. The minimum absolute atomic E-state index is 0.289. The Morgan fingerprint density at radius 1 is 0.880 bits per heavy atom. The van der Waals surface area contributed by atoms with Crippen LogP contribution in [0.3, 0.4) is 0 Å². The molecule has 4 aromatic rings. The smallest absolute Gasteiger partial charge is 0.276 e. The van der Waals surface area contributed by atoms with Gasteiger partial charge >= 0.3 is 0 Å². The Morgan fingerprint density at radius 2 is 1.56 bits per heavy atom. The fourth-order valence-electron chi connectivity index (χ4n) is 2.72. The van der Waals surface area contributed by atoms with Gasteiger partial charge in [-0.2, -0.15) is 5.10 Å². The molecule has 0 saturated heterocycles. The van der Waals surface area contributed by atoms with Crippen molar-refractivity contribution in [1.29, 1.82) is 0 Å². The van der Waals surface area contributed by atoms with Crippen molar-refractivity contribution in [2.45, 2.75) is 0 Å². The summed E-state index contributed by atoms with van der Waals surface area (Å²) >= 11 is 0. The molecule has 0 aliphatic rings. The Balaban J connectivity index is 1.79. The number of carbonyl (C=O) groups is 1. The molecule has 0 aliphatic carbocycles. The maximum atomic E-state index is 13.2. The predicted molar refractivity (Wildman–Crippen MR) is 95.4 cm³/mol. The van der Waals surface area contributed by atoms with Crippen LogP contribution in [-0.4, -0.2) is 15.7 Å². The zero-order chi connectivity index (χ0) is 17.2. The van der Waals surface area contributed by atoms with Gasteiger partial charge in [-0.05, 0) is 42.5 Å². The molecule has 0 atom stereocenters. The standard InChI is InChI=1S/C20H14FN3O/c21-14-10-12-16(13-11-14)24-18-9-5-4-8-17(18)19(23-24)20(25)22-15-6-2-1-3-7-15/h1-13H,(H,22,25). The molecule has 25 heavy (non-hydrogen) atoms. The van der Waals surface area contributed by atoms with Crippen LogP contribution in [0.4, 0.5) is 10.1 Å². The highest BCUT2D eigenvalue weighted by Gasteiger charge is 2.18. The van der Waals surface area contributed by atoms with E-state index in [1.54, 1.807) is 16.8 Å². The van der Waals surface area contributed by atoms with Crippen LogP contribution in [0.25, 0.3) is 16.6 Å². The van der Waals surface area contributed by atoms with Crippen molar-refractivity contribution in [1.82, 2.24) is 9.78 Å². The number of amides is 1. The van der Waals surface area contributed by atoms with Gasteiger partial charge in [-0.15, -0.1) is 0 Å². The van der Waals surface area contributed by atoms with Crippen molar-refractivity contribution >= 4 is 22.5 Å². The van der Waals surface area contributed by atoms with Crippen LogP contribution < -0.4 is 5.32 Å². The SMILES string of the molecule is O=C(Nc1ccccc1)c1nn(-c2ccc(F)cc2)c2ccccc12. The van der Waals surface area contributed by atoms with Gasteiger partial charge in [0.1, 0.15) is 5.82 Å². The van der Waals surface area contributed by atoms with E-state index in [1.165, 1.54) is 12.1 Å². The maximum Gasteiger partial charge on any atom is 0.276 e. The van der Waals surface area contributed by atoms with Crippen molar-refractivity contribution in [2.24, 2.45) is 0 Å². The number of nitrogens with zero attached hydrogens (tertiary/aromatic N) is 2. The van der Waals surface area contributed by atoms with Gasteiger partial charge in [0.05, 0.1) is 11.2 Å². The van der Waals surface area contributed by atoms with Gasteiger partial charge in [0.25, 0.3) is 5.91 Å². The topological polar surface area (TPSA) is 46.9 Å². The summed E-state index contributed by atoms with van der Waals surface area (Å²) in [4.78, 5) is 12.7. The van der Waals surface area contributed by atoms with Gasteiger partial charge in [-0.3, -0.25) is 4.79 Å². The second kappa shape index (κ2) is 6.20. The minimum atomic E-state index is -0.317. The molecular formula is C20H14FN3O. The molecule has 1 amide bonds. The number of halogens is 1. The number of benzene rings is 3. The number of aromatic nitrogens is 2. The van der Waals surface area contributed by atoms with E-state index >= 15 is 0 Å². The summed E-state index contributed by atoms with van der Waals surface area (Å²) in [6.07, 6.45) is 0. The first kappa shape index (κ1) is 15.1. The zero-order valence-corrected chi connectivity index (χ0v) is 13.2. The second-order valence-corrected chi connectivity index (χ2v) is 5.57. The molecule has 0 aliphatic heterocycles. The molecule has 122 valence electrons. The lowest BCUT2D eigenvalue weighted by molar-refractivity contribution is 0.102. The van der Waals surface area contributed by atoms with E-state index in [4.69, 9.17) is 0 Å². The number of fused-ring (bicyclic) bond motifs is 1. The van der Waals surface area contributed by atoms with E-state index in [0.29, 0.717) is 17.1 Å². The average molecular weight is 331 g/mol. The quantitative estimate of drug-likeness (QED) is 0.604. The lowest BCUT2D eigenvalue weighted by Crippen LogP contribution is -2.13. The molecule has 4 rings (SSSR count). The van der Waals surface area contributed by atoms with Crippen molar-refractivity contribution in [3.05, 3.63) is 90.4 Å². The third kappa shape index (κ3) is 2.87. The molecule has 1 N–H and O–H groups in total. The van der Waals surface area contributed by atoms with Gasteiger partial charge in [0.2, 0.25) is 0 Å². The van der Waals surface area contributed by atoms with Crippen molar-refractivity contribution in [3.8, 4) is 5.69 Å². The number of hydrogen-bond donors (Lipinski definition) is 1. The summed E-state index contributed by atoms with van der Waals surface area (Å²) in [7, 11) is 0. The molecule has 4 nitrogen and oxygen atoms in total. The molecule has 1 aromatic heterocycles. The van der Waals surface area contributed by atoms with Crippen LogP contribution in [-0.2, 0) is 0 Å². The van der Waals surface area contributed by atoms with Crippen LogP contribution in [0.2, 0.25) is 0 Å². The molecule has 1 heterocycles. The normalized spacial score (nSPS) is 10.8. The molecule has 0 radical (unpaired) electrons. The number of anilines is 1. The van der Waals surface area contributed by atoms with Gasteiger partial charge in [0, 0.05) is 11.1 Å². The van der Waals surface area contributed by atoms with Crippen molar-refractivity contribution in [3.63, 3.8) is 0 Å². The third-order valence-corrected chi connectivity index (χ3v) is 3.91. The second-order valence-electron chi connectivity index (χ2n) is 5.57. The molecule has 0 unspecified atom stereocenters. The van der Waals surface area contributed by atoms with Crippen LogP contribution in [0.15, 0.2) is 78.9 Å². The highest BCUT2D eigenvalue weighted by Crippen LogP contribution is 2.23. The lowest BCUT2D eigenvalue weighted by Gasteiger charge is -2.03. The van der Waals surface area contributed by atoms with E-state index in [-0.39, 0.29) is 11.7 Å². The summed E-state index contributed by atoms with van der Waals surface area (Å²) in [6, 6.07) is 22.7. The van der Waals surface area contributed by atoms with Crippen LogP contribution in [0.5, 0.6) is 0 Å². The highest BCUT2D eigenvalue weighted by molar-refractivity contribution is 6.11. The largest absolute Gasteiger partial charge is 0.321 e. The summed E-state index contributed by atoms with van der Waals surface area (Å²) in [6.45, 7) is 0. The monoisotopic (exact) mass is 331 g/mol. The first-order valence-corrected chi connectivity index (χ1v) is 7.82. The van der Waals surface area contributed by atoms with Crippen molar-refractivity contribution < 1.29 is 9.18 Å². The fraction of sp³-hybridized carbons (Fsp3) is 0. The number of para-hydroxylation sites is 2. The Hall–Kier alpha value is -3.47. The third-order valence-electron chi connectivity index (χ3n) is 3.91. The first-order valence-electron chi connectivity index (χ1n) is 7.82. The molecule has 5 heteroatoms. The van der Waals surface area contributed by atoms with E-state index < -0.39 is 0 Å². The highest BCUT2D eigenvalue weighted by atomic mass is 19.1. The fourth-order valence-corrected chi connectivity index (χ4v) is 2.72. The van der Waals surface area contributed by atoms with E-state index in [2.05, 4.69) is 10.4 Å². The number of nitrogens with one attached hydrogen (secondary N) is 1. The molecule has 0 fully saturated rings. The summed E-state index contributed by atoms with van der Waals surface area (Å²) < 4.78 is 14.8. The molecular weight excluding hydrogens is 317 g/mol. The Bertz CT molecular complexity index is 1040. The molecule has 0 spiro atoms. The van der Waals surface area contributed by atoms with Crippen LogP contribution in [0.1, 0.15) is 10.5 Å². The Morgan fingerprint density at radius 3 is 2.32 bits per heavy atom. The Kier molecular flexibility index (Phi) is 3.74. The number of carbonyl (C=O) groups excluding carboxylic acids is 1. The Labute approximate surface area is 143 Å². The van der Waals surface area contributed by atoms with Crippen LogP contribution in [0, 0.1) is 5.82 Å². The molecule has 3 aromatic carbocycles. The van der Waals surface area contributed by atoms with Gasteiger partial charge < -0.3 is 5.32 Å². The molecule has 0 bridgehead atoms. The summed E-state index contributed by atoms with van der Waals surface area (Å²) in [5, 5.41) is 8.05. The number of rotatable bonds is 3. The average Bonchev–Trinajstić information content (AvgIpc) is 3.03. The van der Waals surface area contributed by atoms with Crippen LogP contribution >= 0.6 is 0 Å². The van der Waals surface area contributed by atoms with E-state index in [0.717, 1.165) is 10.9 Å². The molecule has 0 saturated carbocycles.